The molecule has 0 aliphatic heterocycles. The van der Waals surface area contributed by atoms with Crippen molar-refractivity contribution in [2.75, 3.05) is 17.3 Å². The number of ketones is 1. The highest BCUT2D eigenvalue weighted by Crippen LogP contribution is 2.40. The van der Waals surface area contributed by atoms with E-state index >= 15 is 0 Å². The number of unbranched alkanes of at least 4 members (excludes halogenated alkanes) is 18. The highest BCUT2D eigenvalue weighted by molar-refractivity contribution is 7.97. The first-order chi connectivity index (χ1) is 19.7. The van der Waals surface area contributed by atoms with Gasteiger partial charge in [-0.1, -0.05) is 149 Å². The Morgan fingerprint density at radius 2 is 0.850 bits per heavy atom. The second-order valence-electron chi connectivity index (χ2n) is 14.0. The molecule has 2 aliphatic rings. The summed E-state index contributed by atoms with van der Waals surface area (Å²) in [5.41, 5.74) is 0. The molecule has 0 N–H and O–H groups in total. The molecule has 0 aromatic carbocycles. The minimum atomic E-state index is 0.356. The molecule has 2 aliphatic carbocycles. The SMILES string of the molecule is CCCCCCCCCCCC[S+](CCCCCCCCCCCC)CC(=O)C1CCC(C2CCCCC2)CC1. The zero-order valence-corrected chi connectivity index (χ0v) is 28.5. The monoisotopic (exact) mass is 578 g/mol. The molecule has 0 unspecified atom stereocenters. The van der Waals surface area contributed by atoms with Gasteiger partial charge in [0, 0.05) is 5.92 Å². The smallest absolute Gasteiger partial charge is 0.184 e. The van der Waals surface area contributed by atoms with Crippen molar-refractivity contribution in [1.29, 1.82) is 0 Å². The maximum Gasteiger partial charge on any atom is 0.184 e. The lowest BCUT2D eigenvalue weighted by atomic mass is 9.70. The van der Waals surface area contributed by atoms with E-state index in [1.165, 1.54) is 198 Å². The second kappa shape index (κ2) is 25.5. The van der Waals surface area contributed by atoms with E-state index in [0.717, 1.165) is 17.6 Å². The van der Waals surface area contributed by atoms with Crippen molar-refractivity contribution in [1.82, 2.24) is 0 Å². The number of Topliss-reactive ketones (excluding diaryl/α,β-unsaturated/α-hetero) is 1. The van der Waals surface area contributed by atoms with Crippen molar-refractivity contribution in [3.05, 3.63) is 0 Å². The number of carbonyl (C=O) groups is 1. The molecule has 0 atom stereocenters. The van der Waals surface area contributed by atoms with Gasteiger partial charge in [-0.3, -0.25) is 4.79 Å². The summed E-state index contributed by atoms with van der Waals surface area (Å²) < 4.78 is 0. The average Bonchev–Trinajstić information content (AvgIpc) is 2.99. The van der Waals surface area contributed by atoms with E-state index in [0.29, 0.717) is 22.6 Å². The highest BCUT2D eigenvalue weighted by Gasteiger charge is 2.33. The predicted molar refractivity (Wildman–Crippen MR) is 183 cm³/mol. The molecule has 40 heavy (non-hydrogen) atoms. The molecule has 0 aromatic rings. The minimum Gasteiger partial charge on any atom is -0.294 e. The van der Waals surface area contributed by atoms with Gasteiger partial charge in [0.15, 0.2) is 11.5 Å². The Bertz CT molecular complexity index is 536. The molecule has 0 spiro atoms. The van der Waals surface area contributed by atoms with Crippen LogP contribution in [0.4, 0.5) is 0 Å². The van der Waals surface area contributed by atoms with Crippen molar-refractivity contribution >= 4 is 16.7 Å². The Kier molecular flexibility index (Phi) is 23.1. The van der Waals surface area contributed by atoms with E-state index in [2.05, 4.69) is 13.8 Å². The van der Waals surface area contributed by atoms with E-state index in [4.69, 9.17) is 0 Å². The van der Waals surface area contributed by atoms with Gasteiger partial charge in [0.1, 0.15) is 11.5 Å². The van der Waals surface area contributed by atoms with E-state index in [1.54, 1.807) is 0 Å². The fourth-order valence-corrected chi connectivity index (χ4v) is 10.0. The van der Waals surface area contributed by atoms with Crippen LogP contribution in [0.2, 0.25) is 0 Å². The third kappa shape index (κ3) is 17.9. The van der Waals surface area contributed by atoms with Crippen LogP contribution < -0.4 is 0 Å². The molecule has 2 heteroatoms. The highest BCUT2D eigenvalue weighted by atomic mass is 32.2. The Morgan fingerprint density at radius 3 is 1.27 bits per heavy atom. The molecule has 0 amide bonds. The molecule has 0 saturated heterocycles. The molecule has 236 valence electrons. The van der Waals surface area contributed by atoms with Crippen LogP contribution in [0.3, 0.4) is 0 Å². The third-order valence-corrected chi connectivity index (χ3v) is 12.9. The zero-order chi connectivity index (χ0) is 28.5. The molecule has 0 heterocycles. The van der Waals surface area contributed by atoms with Crippen molar-refractivity contribution in [2.24, 2.45) is 17.8 Å². The summed E-state index contributed by atoms with van der Waals surface area (Å²) in [4.78, 5) is 13.5. The summed E-state index contributed by atoms with van der Waals surface area (Å²) in [6.45, 7) is 4.61. The van der Waals surface area contributed by atoms with Gasteiger partial charge < -0.3 is 0 Å². The fraction of sp³-hybridized carbons (Fsp3) is 0.974. The Morgan fingerprint density at radius 1 is 0.475 bits per heavy atom. The van der Waals surface area contributed by atoms with Crippen LogP contribution in [0, 0.1) is 17.8 Å². The fourth-order valence-electron chi connectivity index (χ4n) is 7.67. The van der Waals surface area contributed by atoms with Gasteiger partial charge in [0.05, 0.1) is 0 Å². The zero-order valence-electron chi connectivity index (χ0n) is 27.7. The molecule has 2 saturated carbocycles. The minimum absolute atomic E-state index is 0.356. The van der Waals surface area contributed by atoms with Gasteiger partial charge in [-0.15, -0.1) is 0 Å². The van der Waals surface area contributed by atoms with Crippen LogP contribution in [0.15, 0.2) is 0 Å². The van der Waals surface area contributed by atoms with Crippen LogP contribution in [-0.4, -0.2) is 23.0 Å². The summed E-state index contributed by atoms with van der Waals surface area (Å²) >= 11 is 0. The van der Waals surface area contributed by atoms with Gasteiger partial charge in [-0.05, 0) is 74.1 Å². The first-order valence-corrected chi connectivity index (χ1v) is 20.6. The number of carbonyl (C=O) groups excluding carboxylic acids is 1. The normalized spacial score (nSPS) is 20.4. The van der Waals surface area contributed by atoms with Crippen LogP contribution in [0.1, 0.15) is 200 Å². The molecular formula is C38H73OS+. The van der Waals surface area contributed by atoms with Gasteiger partial charge in [0.2, 0.25) is 0 Å². The molecule has 2 fully saturated rings. The van der Waals surface area contributed by atoms with Crippen molar-refractivity contribution in [3.8, 4) is 0 Å². The Balaban J connectivity index is 1.63. The van der Waals surface area contributed by atoms with E-state index < -0.39 is 0 Å². The summed E-state index contributed by atoms with van der Waals surface area (Å²) in [5.74, 6) is 6.65. The lowest BCUT2D eigenvalue weighted by Gasteiger charge is -2.35. The number of hydrogen-bond donors (Lipinski definition) is 0. The van der Waals surface area contributed by atoms with Crippen LogP contribution in [0.5, 0.6) is 0 Å². The lowest BCUT2D eigenvalue weighted by Crippen LogP contribution is -2.31. The average molecular weight is 578 g/mol. The summed E-state index contributed by atoms with van der Waals surface area (Å²) in [5, 5.41) is 0. The molecule has 0 radical (unpaired) electrons. The van der Waals surface area contributed by atoms with E-state index in [-0.39, 0.29) is 0 Å². The maximum atomic E-state index is 13.5. The molecule has 2 rings (SSSR count). The van der Waals surface area contributed by atoms with Crippen LogP contribution >= 0.6 is 0 Å². The van der Waals surface area contributed by atoms with E-state index in [9.17, 15) is 4.79 Å². The summed E-state index contributed by atoms with van der Waals surface area (Å²) in [6.07, 6.45) is 40.8. The topological polar surface area (TPSA) is 17.1 Å². The third-order valence-electron chi connectivity index (χ3n) is 10.5. The predicted octanol–water partition coefficient (Wildman–Crippen LogP) is 12.4. The lowest BCUT2D eigenvalue weighted by molar-refractivity contribution is -0.121. The molecule has 0 bridgehead atoms. The number of hydrogen-bond acceptors (Lipinski definition) is 1. The Labute approximate surface area is 255 Å². The van der Waals surface area contributed by atoms with Crippen molar-refractivity contribution < 1.29 is 4.79 Å². The molecule has 1 nitrogen and oxygen atoms in total. The van der Waals surface area contributed by atoms with E-state index in [1.807, 2.05) is 0 Å². The first-order valence-electron chi connectivity index (χ1n) is 18.9. The summed E-state index contributed by atoms with van der Waals surface area (Å²) in [7, 11) is 0.356. The first kappa shape index (κ1) is 36.2. The maximum absolute atomic E-state index is 13.5. The molecular weight excluding hydrogens is 504 g/mol. The quantitative estimate of drug-likeness (QED) is 0.0738. The number of rotatable bonds is 26. The summed E-state index contributed by atoms with van der Waals surface area (Å²) in [6, 6.07) is 0. The second-order valence-corrected chi connectivity index (χ2v) is 16.3. The van der Waals surface area contributed by atoms with Crippen LogP contribution in [-0.2, 0) is 15.7 Å². The van der Waals surface area contributed by atoms with Gasteiger partial charge in [0.25, 0.3) is 0 Å². The van der Waals surface area contributed by atoms with Crippen molar-refractivity contribution in [2.45, 2.75) is 200 Å². The standard InChI is InChI=1S/C38H73OS/c1-3-5-7-9-11-13-15-17-19-24-32-40(33-25-20-18-16-14-12-10-8-6-4-2)34-38(39)37-30-28-36(29-31-37)35-26-22-21-23-27-35/h35-37H,3-34H2,1-2H3/q+1. The van der Waals surface area contributed by atoms with Gasteiger partial charge in [-0.25, -0.2) is 0 Å². The van der Waals surface area contributed by atoms with Crippen LogP contribution in [0.25, 0.3) is 0 Å². The Hall–Kier alpha value is 0.0200. The van der Waals surface area contributed by atoms with Gasteiger partial charge in [-0.2, -0.15) is 0 Å². The van der Waals surface area contributed by atoms with Gasteiger partial charge >= 0.3 is 0 Å². The molecule has 0 aromatic heterocycles. The largest absolute Gasteiger partial charge is 0.294 e. The van der Waals surface area contributed by atoms with Crippen molar-refractivity contribution in [3.63, 3.8) is 0 Å².